The van der Waals surface area contributed by atoms with E-state index in [1.54, 1.807) is 31.5 Å². The third-order valence-electron chi connectivity index (χ3n) is 6.24. The van der Waals surface area contributed by atoms with Crippen LogP contribution in [0.4, 0.5) is 0 Å². The van der Waals surface area contributed by atoms with E-state index in [9.17, 15) is 4.79 Å². The van der Waals surface area contributed by atoms with Crippen molar-refractivity contribution in [3.05, 3.63) is 78.5 Å². The maximum absolute atomic E-state index is 13.8. The molecule has 206 valence electrons. The highest BCUT2D eigenvalue weighted by molar-refractivity contribution is 9.13. The number of hydrogen-bond acceptors (Lipinski definition) is 7. The third kappa shape index (κ3) is 5.76. The fourth-order valence-electron chi connectivity index (χ4n) is 4.29. The molecular formula is C30H28Br2N4O4. The second-order valence-corrected chi connectivity index (χ2v) is 10.8. The van der Waals surface area contributed by atoms with Crippen LogP contribution >= 0.6 is 31.9 Å². The van der Waals surface area contributed by atoms with Crippen LogP contribution < -0.4 is 19.8 Å². The quantitative estimate of drug-likeness (QED) is 0.175. The minimum Gasteiger partial charge on any atom is -0.496 e. The zero-order valence-corrected chi connectivity index (χ0v) is 26.0. The predicted octanol–water partition coefficient (Wildman–Crippen LogP) is 7.21. The number of nitriles is 1. The third-order valence-corrected chi connectivity index (χ3v) is 8.39. The van der Waals surface area contributed by atoms with E-state index in [0.717, 1.165) is 22.4 Å². The molecular weight excluding hydrogens is 640 g/mol. The van der Waals surface area contributed by atoms with Crippen molar-refractivity contribution >= 4 is 49.0 Å². The monoisotopic (exact) mass is 666 g/mol. The Morgan fingerprint density at radius 1 is 1.12 bits per heavy atom. The zero-order chi connectivity index (χ0) is 29.0. The van der Waals surface area contributed by atoms with Crippen molar-refractivity contribution < 1.29 is 14.2 Å². The van der Waals surface area contributed by atoms with Crippen LogP contribution in [-0.2, 0) is 0 Å². The van der Waals surface area contributed by atoms with E-state index in [4.69, 9.17) is 24.5 Å². The first kappa shape index (κ1) is 29.3. The first-order valence-corrected chi connectivity index (χ1v) is 14.2. The fourth-order valence-corrected chi connectivity index (χ4v) is 5.23. The van der Waals surface area contributed by atoms with Crippen LogP contribution in [0.15, 0.2) is 61.3 Å². The summed E-state index contributed by atoms with van der Waals surface area (Å²) in [7, 11) is 1.65. The van der Waals surface area contributed by atoms with E-state index in [2.05, 4.69) is 50.8 Å². The molecule has 0 saturated heterocycles. The molecule has 4 rings (SSSR count). The highest BCUT2D eigenvalue weighted by Gasteiger charge is 2.20. The predicted molar refractivity (Wildman–Crippen MR) is 164 cm³/mol. The van der Waals surface area contributed by atoms with Gasteiger partial charge in [0, 0.05) is 15.6 Å². The summed E-state index contributed by atoms with van der Waals surface area (Å²) < 4.78 is 19.5. The van der Waals surface area contributed by atoms with Gasteiger partial charge in [-0.05, 0) is 93.1 Å². The zero-order valence-electron chi connectivity index (χ0n) is 22.8. The van der Waals surface area contributed by atoms with Gasteiger partial charge in [0.15, 0.2) is 23.9 Å². The molecule has 0 spiro atoms. The van der Waals surface area contributed by atoms with Gasteiger partial charge >= 0.3 is 0 Å². The Hall–Kier alpha value is -3.68. The highest BCUT2D eigenvalue weighted by atomic mass is 79.9. The fraction of sp³-hybridized carbons (Fsp3) is 0.267. The smallest absolute Gasteiger partial charge is 0.282 e. The normalized spacial score (nSPS) is 11.3. The van der Waals surface area contributed by atoms with Crippen LogP contribution in [0.5, 0.6) is 17.2 Å². The molecule has 0 unspecified atom stereocenters. The molecule has 4 aromatic rings. The molecule has 0 amide bonds. The summed E-state index contributed by atoms with van der Waals surface area (Å²) in [5, 5.41) is 14.1. The van der Waals surface area contributed by atoms with Crippen LogP contribution in [0.2, 0.25) is 0 Å². The Bertz CT molecular complexity index is 1710. The van der Waals surface area contributed by atoms with Gasteiger partial charge in [0.25, 0.3) is 5.56 Å². The van der Waals surface area contributed by atoms with E-state index in [1.165, 1.54) is 4.68 Å². The maximum atomic E-state index is 13.8. The molecule has 0 atom stereocenters. The molecule has 0 saturated carbocycles. The lowest BCUT2D eigenvalue weighted by atomic mass is 9.96. The molecule has 0 aliphatic heterocycles. The first-order chi connectivity index (χ1) is 19.2. The molecule has 0 N–H and O–H groups in total. The summed E-state index contributed by atoms with van der Waals surface area (Å²) in [4.78, 5) is 18.7. The maximum Gasteiger partial charge on any atom is 0.282 e. The lowest BCUT2D eigenvalue weighted by molar-refractivity contribution is 0.297. The molecule has 8 nitrogen and oxygen atoms in total. The summed E-state index contributed by atoms with van der Waals surface area (Å²) in [5.74, 6) is 2.21. The number of rotatable bonds is 9. The van der Waals surface area contributed by atoms with Gasteiger partial charge in [-0.1, -0.05) is 26.0 Å². The summed E-state index contributed by atoms with van der Waals surface area (Å²) in [6, 6.07) is 14.9. The van der Waals surface area contributed by atoms with E-state index in [-0.39, 0.29) is 18.1 Å². The van der Waals surface area contributed by atoms with Crippen LogP contribution in [0.25, 0.3) is 22.3 Å². The van der Waals surface area contributed by atoms with E-state index in [1.807, 2.05) is 44.2 Å². The van der Waals surface area contributed by atoms with Gasteiger partial charge in [0.2, 0.25) is 0 Å². The van der Waals surface area contributed by atoms with Gasteiger partial charge < -0.3 is 14.2 Å². The SMILES string of the molecule is CCOc1cc(C=Nn2c(-c3cc(C(C)C)c(OC)cc3C)nc3ccccc3c2=O)c(Br)c(Br)c1OCC#N. The standard InChI is InChI=1S/C30H28Br2N4O4/c1-6-39-25-14-19(26(31)27(32)28(25)40-12-11-33)16-34-36-29(35-23-10-8-7-9-20(23)30(36)37)22-15-21(17(2)3)24(38-5)13-18(22)4/h7-10,13-17H,6,12H2,1-5H3. The number of nitrogens with zero attached hydrogens (tertiary/aromatic N) is 4. The van der Waals surface area contributed by atoms with Crippen LogP contribution in [0, 0.1) is 18.3 Å². The summed E-state index contributed by atoms with van der Waals surface area (Å²) in [5.41, 5.74) is 3.58. The number of ether oxygens (including phenoxy) is 3. The van der Waals surface area contributed by atoms with Crippen LogP contribution in [-0.4, -0.2) is 36.2 Å². The molecule has 40 heavy (non-hydrogen) atoms. The van der Waals surface area contributed by atoms with Crippen molar-refractivity contribution in [1.82, 2.24) is 9.66 Å². The van der Waals surface area contributed by atoms with Crippen molar-refractivity contribution in [1.29, 1.82) is 5.26 Å². The number of benzene rings is 3. The summed E-state index contributed by atoms with van der Waals surface area (Å²) >= 11 is 7.12. The van der Waals surface area contributed by atoms with E-state index in [0.29, 0.717) is 49.3 Å². The van der Waals surface area contributed by atoms with Crippen molar-refractivity contribution in [3.63, 3.8) is 0 Å². The van der Waals surface area contributed by atoms with Crippen molar-refractivity contribution in [3.8, 4) is 34.7 Å². The highest BCUT2D eigenvalue weighted by Crippen LogP contribution is 2.42. The molecule has 1 aromatic heterocycles. The minimum atomic E-state index is -0.299. The van der Waals surface area contributed by atoms with Crippen molar-refractivity contribution in [2.75, 3.05) is 20.3 Å². The molecule has 0 aliphatic carbocycles. The number of halogens is 2. The minimum absolute atomic E-state index is 0.139. The number of aromatic nitrogens is 2. The molecule has 0 aliphatic rings. The Morgan fingerprint density at radius 2 is 1.88 bits per heavy atom. The Balaban J connectivity index is 1.96. The van der Waals surface area contributed by atoms with Gasteiger partial charge in [0.1, 0.15) is 11.8 Å². The molecule has 10 heteroatoms. The number of para-hydroxylation sites is 1. The molecule has 3 aromatic carbocycles. The lowest BCUT2D eigenvalue weighted by Crippen LogP contribution is -2.21. The number of fused-ring (bicyclic) bond motifs is 1. The van der Waals surface area contributed by atoms with Gasteiger partial charge in [-0.25, -0.2) is 4.98 Å². The molecule has 0 bridgehead atoms. The van der Waals surface area contributed by atoms with E-state index >= 15 is 0 Å². The average molecular weight is 668 g/mol. The van der Waals surface area contributed by atoms with Gasteiger partial charge in [-0.15, -0.1) is 0 Å². The molecule has 0 radical (unpaired) electrons. The van der Waals surface area contributed by atoms with Gasteiger partial charge in [-0.2, -0.15) is 15.0 Å². The van der Waals surface area contributed by atoms with Crippen molar-refractivity contribution in [2.24, 2.45) is 5.10 Å². The second kappa shape index (κ2) is 12.7. The Morgan fingerprint density at radius 3 is 2.55 bits per heavy atom. The summed E-state index contributed by atoms with van der Waals surface area (Å²) in [6.07, 6.45) is 1.56. The summed E-state index contributed by atoms with van der Waals surface area (Å²) in [6.45, 7) is 8.24. The van der Waals surface area contributed by atoms with Gasteiger partial charge in [0.05, 0.1) is 35.3 Å². The number of hydrogen-bond donors (Lipinski definition) is 0. The number of methoxy groups -OCH3 is 1. The van der Waals surface area contributed by atoms with E-state index < -0.39 is 0 Å². The van der Waals surface area contributed by atoms with Crippen molar-refractivity contribution in [2.45, 2.75) is 33.6 Å². The molecule has 0 fully saturated rings. The lowest BCUT2D eigenvalue weighted by Gasteiger charge is -2.17. The van der Waals surface area contributed by atoms with Crippen LogP contribution in [0.1, 0.15) is 43.4 Å². The Labute approximate surface area is 249 Å². The number of aryl methyl sites for hydroxylation is 1. The topological polar surface area (TPSA) is 98.7 Å². The van der Waals surface area contributed by atoms with Gasteiger partial charge in [-0.3, -0.25) is 4.79 Å². The average Bonchev–Trinajstić information content (AvgIpc) is 2.94. The second-order valence-electron chi connectivity index (χ2n) is 9.18. The first-order valence-electron chi connectivity index (χ1n) is 12.6. The Kier molecular flexibility index (Phi) is 9.28. The van der Waals surface area contributed by atoms with Crippen LogP contribution in [0.3, 0.4) is 0 Å². The largest absolute Gasteiger partial charge is 0.496 e. The molecule has 1 heterocycles.